The lowest BCUT2D eigenvalue weighted by molar-refractivity contribution is 0.758. The van der Waals surface area contributed by atoms with Crippen LogP contribution < -0.4 is 16.0 Å². The number of nitrogens with one attached hydrogen (secondary N) is 2. The van der Waals surface area contributed by atoms with E-state index >= 15 is 0 Å². The Morgan fingerprint density at radius 1 is 1.19 bits per heavy atom. The number of guanidine groups is 1. The molecule has 138 valence electrons. The number of fused-ring (bicyclic) bond motifs is 2. The number of hydrogen-bond donors (Lipinski definition) is 3. The maximum absolute atomic E-state index is 7.82. The minimum atomic E-state index is 0.0514. The smallest absolute Gasteiger partial charge is 0.193 e. The van der Waals surface area contributed by atoms with Crippen LogP contribution in [0.25, 0.3) is 10.9 Å². The molecule has 1 aromatic heterocycles. The number of nitrogens with zero attached hydrogens (tertiary/aromatic N) is 2. The van der Waals surface area contributed by atoms with Crippen molar-refractivity contribution in [2.75, 3.05) is 10.2 Å². The zero-order valence-corrected chi connectivity index (χ0v) is 15.7. The fraction of sp³-hybridized carbons (Fsp3) is 0.273. The van der Waals surface area contributed by atoms with Gasteiger partial charge in [0, 0.05) is 17.1 Å². The van der Waals surface area contributed by atoms with E-state index in [1.807, 2.05) is 38.1 Å². The number of pyridine rings is 1. The van der Waals surface area contributed by atoms with Crippen LogP contribution in [0.1, 0.15) is 37.4 Å². The summed E-state index contributed by atoms with van der Waals surface area (Å²) < 4.78 is 0. The zero-order chi connectivity index (χ0) is 19.0. The SMILES string of the molecule is CC(C)N(C(=N)N)c1ccc2nc(N[C@@H]3CCc4ccccc43)ccc2c1. The number of anilines is 2. The number of aromatic nitrogens is 1. The van der Waals surface area contributed by atoms with Gasteiger partial charge in [-0.25, -0.2) is 4.98 Å². The van der Waals surface area contributed by atoms with Gasteiger partial charge in [0.05, 0.1) is 11.6 Å². The predicted molar refractivity (Wildman–Crippen MR) is 112 cm³/mol. The number of benzene rings is 2. The summed E-state index contributed by atoms with van der Waals surface area (Å²) in [4.78, 5) is 6.59. The Morgan fingerprint density at radius 2 is 2.00 bits per heavy atom. The zero-order valence-electron chi connectivity index (χ0n) is 15.7. The van der Waals surface area contributed by atoms with Gasteiger partial charge in [-0.1, -0.05) is 24.3 Å². The highest BCUT2D eigenvalue weighted by Gasteiger charge is 2.22. The lowest BCUT2D eigenvalue weighted by Crippen LogP contribution is -2.41. The molecule has 0 saturated heterocycles. The Kier molecular flexibility index (Phi) is 4.44. The van der Waals surface area contributed by atoms with Gasteiger partial charge in [0.15, 0.2) is 5.96 Å². The van der Waals surface area contributed by atoms with E-state index in [1.54, 1.807) is 4.90 Å². The Hall–Kier alpha value is -3.08. The third-order valence-electron chi connectivity index (χ3n) is 5.18. The van der Waals surface area contributed by atoms with Crippen molar-refractivity contribution in [1.29, 1.82) is 5.41 Å². The molecule has 27 heavy (non-hydrogen) atoms. The second-order valence-electron chi connectivity index (χ2n) is 7.36. The fourth-order valence-electron chi connectivity index (χ4n) is 3.94. The van der Waals surface area contributed by atoms with Gasteiger partial charge < -0.3 is 16.0 Å². The van der Waals surface area contributed by atoms with E-state index in [4.69, 9.17) is 16.1 Å². The topological polar surface area (TPSA) is 78.0 Å². The van der Waals surface area contributed by atoms with Crippen molar-refractivity contribution in [3.8, 4) is 0 Å². The van der Waals surface area contributed by atoms with Crippen LogP contribution in [0.4, 0.5) is 11.5 Å². The van der Waals surface area contributed by atoms with Gasteiger partial charge in [-0.15, -0.1) is 0 Å². The van der Waals surface area contributed by atoms with E-state index in [1.165, 1.54) is 11.1 Å². The minimum Gasteiger partial charge on any atom is -0.370 e. The second-order valence-corrected chi connectivity index (χ2v) is 7.36. The molecule has 0 unspecified atom stereocenters. The first-order valence-electron chi connectivity index (χ1n) is 9.41. The Labute approximate surface area is 159 Å². The molecule has 3 aromatic rings. The lowest BCUT2D eigenvalue weighted by atomic mass is 10.1. The molecule has 1 aliphatic rings. The Bertz CT molecular complexity index is 995. The van der Waals surface area contributed by atoms with Crippen LogP contribution in [0.5, 0.6) is 0 Å². The largest absolute Gasteiger partial charge is 0.370 e. The molecule has 1 atom stereocenters. The summed E-state index contributed by atoms with van der Waals surface area (Å²) in [7, 11) is 0. The summed E-state index contributed by atoms with van der Waals surface area (Å²) >= 11 is 0. The van der Waals surface area contributed by atoms with E-state index in [0.717, 1.165) is 35.2 Å². The molecule has 0 amide bonds. The van der Waals surface area contributed by atoms with Gasteiger partial charge in [0.2, 0.25) is 0 Å². The predicted octanol–water partition coefficient (Wildman–Crippen LogP) is 4.44. The van der Waals surface area contributed by atoms with Crippen molar-refractivity contribution in [3.05, 3.63) is 65.7 Å². The second kappa shape index (κ2) is 6.91. The van der Waals surface area contributed by atoms with Crippen LogP contribution in [0.15, 0.2) is 54.6 Å². The molecule has 0 spiro atoms. The molecular weight excluding hydrogens is 334 g/mol. The third-order valence-corrected chi connectivity index (χ3v) is 5.18. The number of rotatable bonds is 4. The average molecular weight is 359 g/mol. The van der Waals surface area contributed by atoms with Crippen molar-refractivity contribution in [2.45, 2.75) is 38.8 Å². The quantitative estimate of drug-likeness (QED) is 0.475. The number of aryl methyl sites for hydroxylation is 1. The van der Waals surface area contributed by atoms with Crippen LogP contribution >= 0.6 is 0 Å². The van der Waals surface area contributed by atoms with Gasteiger partial charge in [0.25, 0.3) is 0 Å². The molecule has 5 nitrogen and oxygen atoms in total. The maximum Gasteiger partial charge on any atom is 0.193 e. The molecule has 0 fully saturated rings. The average Bonchev–Trinajstić information content (AvgIpc) is 3.04. The van der Waals surface area contributed by atoms with Gasteiger partial charge >= 0.3 is 0 Å². The maximum atomic E-state index is 7.82. The summed E-state index contributed by atoms with van der Waals surface area (Å²) in [6.07, 6.45) is 2.21. The highest BCUT2D eigenvalue weighted by Crippen LogP contribution is 2.33. The summed E-state index contributed by atoms with van der Waals surface area (Å²) in [6.45, 7) is 4.05. The van der Waals surface area contributed by atoms with Crippen LogP contribution in [-0.4, -0.2) is 17.0 Å². The van der Waals surface area contributed by atoms with Gasteiger partial charge in [0.1, 0.15) is 5.82 Å². The number of hydrogen-bond acceptors (Lipinski definition) is 3. The molecule has 4 N–H and O–H groups in total. The molecular formula is C22H25N5. The lowest BCUT2D eigenvalue weighted by Gasteiger charge is -2.27. The standard InChI is InChI=1S/C22H25N5/c1-14(2)27(22(23)24)17-9-11-19-16(13-17)8-12-21(25-19)26-20-10-7-15-5-3-4-6-18(15)20/h3-6,8-9,11-14,20H,7,10H2,1-2H3,(H3,23,24)(H,25,26)/t20-/m1/s1. The first kappa shape index (κ1) is 17.3. The van der Waals surface area contributed by atoms with E-state index in [-0.39, 0.29) is 12.0 Å². The first-order valence-corrected chi connectivity index (χ1v) is 9.41. The minimum absolute atomic E-state index is 0.0514. The van der Waals surface area contributed by atoms with Gasteiger partial charge in [-0.3, -0.25) is 5.41 Å². The fourth-order valence-corrected chi connectivity index (χ4v) is 3.94. The summed E-state index contributed by atoms with van der Waals surface area (Å²) in [5.74, 6) is 0.944. The van der Waals surface area contributed by atoms with E-state index in [9.17, 15) is 0 Å². The van der Waals surface area contributed by atoms with Crippen LogP contribution in [0, 0.1) is 5.41 Å². The van der Waals surface area contributed by atoms with E-state index in [0.29, 0.717) is 6.04 Å². The van der Waals surface area contributed by atoms with Gasteiger partial charge in [-0.05, 0) is 68.1 Å². The molecule has 0 saturated carbocycles. The first-order chi connectivity index (χ1) is 13.0. The molecule has 0 aliphatic heterocycles. The molecule has 5 heteroatoms. The van der Waals surface area contributed by atoms with Crippen molar-refractivity contribution >= 4 is 28.4 Å². The van der Waals surface area contributed by atoms with Crippen molar-refractivity contribution in [3.63, 3.8) is 0 Å². The molecule has 4 rings (SSSR count). The number of nitrogens with two attached hydrogens (primary N) is 1. The Balaban J connectivity index is 1.60. The highest BCUT2D eigenvalue weighted by atomic mass is 15.2. The monoisotopic (exact) mass is 359 g/mol. The van der Waals surface area contributed by atoms with Crippen LogP contribution in [-0.2, 0) is 6.42 Å². The molecule has 0 bridgehead atoms. The van der Waals surface area contributed by atoms with Crippen LogP contribution in [0.3, 0.4) is 0 Å². The van der Waals surface area contributed by atoms with E-state index in [2.05, 4.69) is 35.6 Å². The molecule has 1 heterocycles. The van der Waals surface area contributed by atoms with Crippen molar-refractivity contribution < 1.29 is 0 Å². The van der Waals surface area contributed by atoms with Crippen molar-refractivity contribution in [2.24, 2.45) is 5.73 Å². The highest BCUT2D eigenvalue weighted by molar-refractivity contribution is 5.95. The molecule has 0 radical (unpaired) electrons. The molecule has 1 aliphatic carbocycles. The summed E-state index contributed by atoms with van der Waals surface area (Å²) in [6, 6.07) is 19.2. The Morgan fingerprint density at radius 3 is 2.78 bits per heavy atom. The third kappa shape index (κ3) is 3.33. The summed E-state index contributed by atoms with van der Waals surface area (Å²) in [5.41, 5.74) is 10.4. The van der Waals surface area contributed by atoms with Crippen LogP contribution in [0.2, 0.25) is 0 Å². The van der Waals surface area contributed by atoms with Crippen molar-refractivity contribution in [1.82, 2.24) is 4.98 Å². The normalized spacial score (nSPS) is 15.7. The summed E-state index contributed by atoms with van der Waals surface area (Å²) in [5, 5.41) is 12.5. The van der Waals surface area contributed by atoms with Gasteiger partial charge in [-0.2, -0.15) is 0 Å². The van der Waals surface area contributed by atoms with E-state index < -0.39 is 0 Å². The molecule has 2 aromatic carbocycles.